The molecule has 0 unspecified atom stereocenters. The van der Waals surface area contributed by atoms with Gasteiger partial charge in [-0.2, -0.15) is 5.10 Å². The number of nitrogens with zero attached hydrogens (tertiary/aromatic N) is 2. The average Bonchev–Trinajstić information content (AvgIpc) is 2.57. The molecule has 5 nitrogen and oxygen atoms in total. The lowest BCUT2D eigenvalue weighted by molar-refractivity contribution is 0.0986. The molecule has 1 aromatic rings. The Hall–Kier alpha value is -1.52. The predicted molar refractivity (Wildman–Crippen MR) is 62.0 cm³/mol. The van der Waals surface area contributed by atoms with Crippen LogP contribution in [0.15, 0.2) is 0 Å². The lowest BCUT2D eigenvalue weighted by atomic mass is 9.95. The lowest BCUT2D eigenvalue weighted by Gasteiger charge is -2.23. The number of nitrogen functional groups attached to an aromatic ring is 1. The molecule has 1 aliphatic carbocycles. The van der Waals surface area contributed by atoms with Crippen LogP contribution in [0.3, 0.4) is 0 Å². The molecule has 0 aliphatic heterocycles. The number of hydrogen-bond acceptors (Lipinski definition) is 3. The van der Waals surface area contributed by atoms with E-state index in [4.69, 9.17) is 11.5 Å². The van der Waals surface area contributed by atoms with Crippen LogP contribution < -0.4 is 11.5 Å². The van der Waals surface area contributed by atoms with Crippen molar-refractivity contribution in [1.82, 2.24) is 9.78 Å². The molecule has 1 aliphatic rings. The van der Waals surface area contributed by atoms with Crippen molar-refractivity contribution < 1.29 is 4.79 Å². The highest BCUT2D eigenvalue weighted by atomic mass is 16.1. The highest BCUT2D eigenvalue weighted by Gasteiger charge is 2.24. The number of carbonyl (C=O) groups is 1. The van der Waals surface area contributed by atoms with E-state index < -0.39 is 5.91 Å². The largest absolute Gasteiger partial charge is 0.395 e. The van der Waals surface area contributed by atoms with Crippen LogP contribution in [0.2, 0.25) is 0 Å². The summed E-state index contributed by atoms with van der Waals surface area (Å²) in [5.74, 6) is -0.483. The molecule has 0 spiro atoms. The second kappa shape index (κ2) is 4.15. The highest BCUT2D eigenvalue weighted by molar-refractivity contribution is 5.96. The predicted octanol–water partition coefficient (Wildman–Crippen LogP) is 1.38. The van der Waals surface area contributed by atoms with Crippen LogP contribution in [0, 0.1) is 6.92 Å². The summed E-state index contributed by atoms with van der Waals surface area (Å²) in [5.41, 5.74) is 12.7. The molecule has 0 radical (unpaired) electrons. The van der Waals surface area contributed by atoms with Crippen molar-refractivity contribution in [2.75, 3.05) is 5.73 Å². The molecule has 2 rings (SSSR count). The summed E-state index contributed by atoms with van der Waals surface area (Å²) in [4.78, 5) is 11.4. The first-order valence-corrected chi connectivity index (χ1v) is 5.75. The van der Waals surface area contributed by atoms with E-state index in [1.807, 2.05) is 0 Å². The number of aryl methyl sites for hydroxylation is 1. The maximum atomic E-state index is 11.4. The van der Waals surface area contributed by atoms with Crippen LogP contribution in [0.25, 0.3) is 0 Å². The summed E-state index contributed by atoms with van der Waals surface area (Å²) in [5, 5.41) is 4.35. The van der Waals surface area contributed by atoms with Crippen molar-refractivity contribution in [1.29, 1.82) is 0 Å². The zero-order valence-electron chi connectivity index (χ0n) is 9.57. The third-order valence-corrected chi connectivity index (χ3v) is 3.29. The van der Waals surface area contributed by atoms with E-state index >= 15 is 0 Å². The van der Waals surface area contributed by atoms with Crippen molar-refractivity contribution in [3.05, 3.63) is 11.4 Å². The van der Waals surface area contributed by atoms with E-state index in [0.717, 1.165) is 12.8 Å². The Morgan fingerprint density at radius 1 is 1.38 bits per heavy atom. The Morgan fingerprint density at radius 3 is 2.56 bits per heavy atom. The second-order valence-corrected chi connectivity index (χ2v) is 4.45. The molecule has 0 atom stereocenters. The number of carbonyl (C=O) groups excluding carboxylic acids is 1. The molecule has 1 aromatic heterocycles. The van der Waals surface area contributed by atoms with Gasteiger partial charge in [0.2, 0.25) is 0 Å². The zero-order valence-corrected chi connectivity index (χ0v) is 9.57. The molecule has 1 heterocycles. The fraction of sp³-hybridized carbons (Fsp3) is 0.636. The quantitative estimate of drug-likeness (QED) is 0.792. The Morgan fingerprint density at radius 2 is 2.00 bits per heavy atom. The van der Waals surface area contributed by atoms with Gasteiger partial charge in [-0.15, -0.1) is 0 Å². The number of hydrogen-bond donors (Lipinski definition) is 2. The van der Waals surface area contributed by atoms with Gasteiger partial charge in [0.05, 0.1) is 17.4 Å². The van der Waals surface area contributed by atoms with Gasteiger partial charge in [-0.25, -0.2) is 0 Å². The van der Waals surface area contributed by atoms with Gasteiger partial charge in [0, 0.05) is 0 Å². The molecule has 0 saturated heterocycles. The van der Waals surface area contributed by atoms with Gasteiger partial charge in [0.1, 0.15) is 5.69 Å². The maximum absolute atomic E-state index is 11.4. The van der Waals surface area contributed by atoms with E-state index in [0.29, 0.717) is 17.1 Å². The van der Waals surface area contributed by atoms with Crippen molar-refractivity contribution in [3.8, 4) is 0 Å². The number of primary amides is 1. The van der Waals surface area contributed by atoms with Gasteiger partial charge < -0.3 is 11.5 Å². The third-order valence-electron chi connectivity index (χ3n) is 3.29. The molecule has 88 valence electrons. The van der Waals surface area contributed by atoms with Crippen LogP contribution in [0.1, 0.15) is 54.3 Å². The summed E-state index contributed by atoms with van der Waals surface area (Å²) in [6.45, 7) is 1.81. The molecule has 1 fully saturated rings. The van der Waals surface area contributed by atoms with Crippen molar-refractivity contribution in [2.24, 2.45) is 5.73 Å². The van der Waals surface area contributed by atoms with Gasteiger partial charge >= 0.3 is 0 Å². The van der Waals surface area contributed by atoms with E-state index in [-0.39, 0.29) is 6.04 Å². The van der Waals surface area contributed by atoms with Crippen LogP contribution in [-0.2, 0) is 0 Å². The lowest BCUT2D eigenvalue weighted by Crippen LogP contribution is -2.23. The Balaban J connectivity index is 2.38. The summed E-state index contributed by atoms with van der Waals surface area (Å²) in [6.07, 6.45) is 5.74. The maximum Gasteiger partial charge on any atom is 0.269 e. The molecule has 0 bridgehead atoms. The molecule has 5 heteroatoms. The first-order valence-electron chi connectivity index (χ1n) is 5.75. The average molecular weight is 222 g/mol. The molecule has 16 heavy (non-hydrogen) atoms. The van der Waals surface area contributed by atoms with E-state index in [1.54, 1.807) is 11.6 Å². The van der Waals surface area contributed by atoms with Crippen LogP contribution in [0.5, 0.6) is 0 Å². The Kier molecular flexibility index (Phi) is 2.85. The topological polar surface area (TPSA) is 86.9 Å². The molecular weight excluding hydrogens is 204 g/mol. The minimum absolute atomic E-state index is 0.284. The molecule has 4 N–H and O–H groups in total. The first-order chi connectivity index (χ1) is 7.61. The molecular formula is C11H18N4O. The number of anilines is 1. The van der Waals surface area contributed by atoms with Crippen molar-refractivity contribution in [3.63, 3.8) is 0 Å². The summed E-state index contributed by atoms with van der Waals surface area (Å²) in [6, 6.07) is 0.284. The van der Waals surface area contributed by atoms with E-state index in [1.165, 1.54) is 19.3 Å². The van der Waals surface area contributed by atoms with Crippen LogP contribution in [0.4, 0.5) is 5.69 Å². The van der Waals surface area contributed by atoms with Crippen molar-refractivity contribution in [2.45, 2.75) is 45.1 Å². The monoisotopic (exact) mass is 222 g/mol. The number of rotatable bonds is 2. The van der Waals surface area contributed by atoms with Gasteiger partial charge in [-0.05, 0) is 19.8 Å². The van der Waals surface area contributed by atoms with E-state index in [9.17, 15) is 4.79 Å². The number of nitrogens with two attached hydrogens (primary N) is 2. The SMILES string of the molecule is Cc1nn(C2CCCCC2)c(C(N)=O)c1N. The third kappa shape index (κ3) is 1.77. The second-order valence-electron chi connectivity index (χ2n) is 4.45. The first kappa shape index (κ1) is 11.0. The number of aromatic nitrogens is 2. The fourth-order valence-electron chi connectivity index (χ4n) is 2.40. The molecule has 1 amide bonds. The number of amides is 1. The summed E-state index contributed by atoms with van der Waals surface area (Å²) < 4.78 is 1.74. The standard InChI is InChI=1S/C11H18N4O/c1-7-9(12)10(11(13)16)15(14-7)8-5-3-2-4-6-8/h8H,2-6,12H2,1H3,(H2,13,16). The smallest absolute Gasteiger partial charge is 0.269 e. The molecule has 1 saturated carbocycles. The minimum Gasteiger partial charge on any atom is -0.395 e. The zero-order chi connectivity index (χ0) is 11.7. The van der Waals surface area contributed by atoms with Crippen LogP contribution in [-0.4, -0.2) is 15.7 Å². The van der Waals surface area contributed by atoms with Gasteiger partial charge in [-0.3, -0.25) is 9.48 Å². The molecule has 0 aromatic carbocycles. The van der Waals surface area contributed by atoms with E-state index in [2.05, 4.69) is 5.10 Å². The van der Waals surface area contributed by atoms with Crippen molar-refractivity contribution >= 4 is 11.6 Å². The summed E-state index contributed by atoms with van der Waals surface area (Å²) in [7, 11) is 0. The van der Waals surface area contributed by atoms with Gasteiger partial charge in [0.15, 0.2) is 0 Å². The minimum atomic E-state index is -0.483. The summed E-state index contributed by atoms with van der Waals surface area (Å²) >= 11 is 0. The normalized spacial score (nSPS) is 17.6. The Labute approximate surface area is 94.8 Å². The van der Waals surface area contributed by atoms with Gasteiger partial charge in [0.25, 0.3) is 5.91 Å². The van der Waals surface area contributed by atoms with Crippen LogP contribution >= 0.6 is 0 Å². The van der Waals surface area contributed by atoms with Gasteiger partial charge in [-0.1, -0.05) is 19.3 Å². The fourth-order valence-corrected chi connectivity index (χ4v) is 2.40. The highest BCUT2D eigenvalue weighted by Crippen LogP contribution is 2.30. The Bertz CT molecular complexity index is 404.